The summed E-state index contributed by atoms with van der Waals surface area (Å²) in [7, 11) is 0. The van der Waals surface area contributed by atoms with Crippen molar-refractivity contribution in [3.8, 4) is 0 Å². The predicted molar refractivity (Wildman–Crippen MR) is 110 cm³/mol. The zero-order valence-electron chi connectivity index (χ0n) is 17.7. The molecule has 0 aromatic heterocycles. The maximum absolute atomic E-state index is 9.44. The number of anilines is 1. The Balaban J connectivity index is 0.000000845. The van der Waals surface area contributed by atoms with Crippen LogP contribution in [0.3, 0.4) is 0 Å². The molecule has 0 radical (unpaired) electrons. The van der Waals surface area contributed by atoms with Gasteiger partial charge >= 0.3 is 0 Å². The molecule has 2 rings (SSSR count). The third-order valence-corrected chi connectivity index (χ3v) is 4.39. The third kappa shape index (κ3) is 9.64. The summed E-state index contributed by atoms with van der Waals surface area (Å²) >= 11 is 0. The highest BCUT2D eigenvalue weighted by molar-refractivity contribution is 5.72. The molecule has 1 atom stereocenters. The van der Waals surface area contributed by atoms with E-state index < -0.39 is 0 Å². The number of morpholine rings is 1. The van der Waals surface area contributed by atoms with Crippen LogP contribution in [0.25, 0.3) is 0 Å². The topological polar surface area (TPSA) is 29.5 Å². The molecule has 1 saturated heterocycles. The zero-order chi connectivity index (χ0) is 19.4. The van der Waals surface area contributed by atoms with Gasteiger partial charge in [0, 0.05) is 18.8 Å². The monoisotopic (exact) mass is 349 g/mol. The highest BCUT2D eigenvalue weighted by Crippen LogP contribution is 2.24. The molecule has 0 N–H and O–H groups in total. The number of Topliss-reactive ketones (excluding diaryl/α,β-unsaturated/α-hetero) is 1. The number of aryl methyl sites for hydroxylation is 1. The Morgan fingerprint density at radius 3 is 2.12 bits per heavy atom. The normalized spacial score (nSPS) is 14.8. The molecular formula is C22H39NO2. The minimum atomic E-state index is 0.167. The number of hydrogen-bond donors (Lipinski definition) is 0. The van der Waals surface area contributed by atoms with Crippen molar-refractivity contribution < 1.29 is 9.53 Å². The molecule has 0 spiro atoms. The number of ketones is 1. The van der Waals surface area contributed by atoms with E-state index in [2.05, 4.69) is 50.8 Å². The lowest BCUT2D eigenvalue weighted by atomic mass is 9.89. The van der Waals surface area contributed by atoms with Gasteiger partial charge in [-0.3, -0.25) is 0 Å². The number of ether oxygens (including phenoxy) is 1. The summed E-state index contributed by atoms with van der Waals surface area (Å²) in [6.07, 6.45) is 1.18. The molecule has 1 unspecified atom stereocenters. The zero-order valence-corrected chi connectivity index (χ0v) is 17.7. The number of carbonyl (C=O) groups excluding carboxylic acids is 1. The molecule has 0 bridgehead atoms. The highest BCUT2D eigenvalue weighted by Gasteiger charge is 2.14. The molecular weight excluding hydrogens is 310 g/mol. The van der Waals surface area contributed by atoms with Crippen molar-refractivity contribution in [2.75, 3.05) is 31.2 Å². The van der Waals surface area contributed by atoms with Crippen molar-refractivity contribution in [2.24, 2.45) is 11.8 Å². The molecule has 0 aliphatic carbocycles. The summed E-state index contributed by atoms with van der Waals surface area (Å²) in [6, 6.07) is 6.91. The predicted octanol–water partition coefficient (Wildman–Crippen LogP) is 5.29. The van der Waals surface area contributed by atoms with Gasteiger partial charge in [0.2, 0.25) is 0 Å². The molecule has 1 aliphatic rings. The molecule has 1 aliphatic heterocycles. The van der Waals surface area contributed by atoms with E-state index in [4.69, 9.17) is 4.74 Å². The van der Waals surface area contributed by atoms with Crippen LogP contribution in [-0.4, -0.2) is 32.1 Å². The fourth-order valence-electron chi connectivity index (χ4n) is 2.48. The first-order chi connectivity index (χ1) is 11.8. The maximum Gasteiger partial charge on any atom is 0.126 e. The smallest absolute Gasteiger partial charge is 0.126 e. The van der Waals surface area contributed by atoms with E-state index in [0.29, 0.717) is 0 Å². The number of nitrogens with zero attached hydrogens (tertiary/aromatic N) is 1. The molecule has 1 aromatic carbocycles. The van der Waals surface area contributed by atoms with Gasteiger partial charge in [0.1, 0.15) is 5.78 Å². The molecule has 1 heterocycles. The third-order valence-electron chi connectivity index (χ3n) is 4.39. The van der Waals surface area contributed by atoms with Crippen molar-refractivity contribution in [3.63, 3.8) is 0 Å². The lowest BCUT2D eigenvalue weighted by molar-refractivity contribution is -0.114. The van der Waals surface area contributed by atoms with E-state index in [9.17, 15) is 4.79 Å². The largest absolute Gasteiger partial charge is 0.378 e. The number of carbonyl (C=O) groups is 1. The number of rotatable bonds is 4. The van der Waals surface area contributed by atoms with Crippen molar-refractivity contribution >= 4 is 11.5 Å². The van der Waals surface area contributed by atoms with Gasteiger partial charge < -0.3 is 14.4 Å². The Hall–Kier alpha value is -1.35. The minimum absolute atomic E-state index is 0.167. The van der Waals surface area contributed by atoms with Crippen molar-refractivity contribution in [3.05, 3.63) is 29.3 Å². The average Bonchev–Trinajstić information content (AvgIpc) is 2.59. The Labute approximate surface area is 155 Å². The van der Waals surface area contributed by atoms with Gasteiger partial charge in [0.15, 0.2) is 0 Å². The lowest BCUT2D eigenvalue weighted by Gasteiger charge is -2.29. The maximum atomic E-state index is 9.44. The van der Waals surface area contributed by atoms with Crippen LogP contribution in [0.4, 0.5) is 5.69 Å². The van der Waals surface area contributed by atoms with Gasteiger partial charge in [0.25, 0.3) is 0 Å². The van der Waals surface area contributed by atoms with Crippen LogP contribution < -0.4 is 4.90 Å². The fourth-order valence-corrected chi connectivity index (χ4v) is 2.48. The Morgan fingerprint density at radius 2 is 1.64 bits per heavy atom. The average molecular weight is 350 g/mol. The second-order valence-electron chi connectivity index (χ2n) is 7.04. The summed E-state index contributed by atoms with van der Waals surface area (Å²) in [5, 5.41) is 0. The van der Waals surface area contributed by atoms with Crippen LogP contribution in [0.1, 0.15) is 59.6 Å². The van der Waals surface area contributed by atoms with E-state index in [1.165, 1.54) is 37.1 Å². The summed E-state index contributed by atoms with van der Waals surface area (Å²) < 4.78 is 5.43. The SMILES string of the molecule is CC.CC(C)=O.Cc1ccc(N2CCOCC2)cc1CC(C)C(C)C. The van der Waals surface area contributed by atoms with E-state index in [1.54, 1.807) is 0 Å². The molecule has 1 fully saturated rings. The van der Waals surface area contributed by atoms with Crippen molar-refractivity contribution in [1.82, 2.24) is 0 Å². The van der Waals surface area contributed by atoms with E-state index in [0.717, 1.165) is 38.1 Å². The molecule has 1 aromatic rings. The molecule has 0 amide bonds. The fraction of sp³-hybridized carbons (Fsp3) is 0.682. The Kier molecular flexibility index (Phi) is 12.2. The first kappa shape index (κ1) is 23.6. The summed E-state index contributed by atoms with van der Waals surface area (Å²) in [5.41, 5.74) is 4.29. The van der Waals surface area contributed by atoms with Crippen LogP contribution in [0, 0.1) is 18.8 Å². The second-order valence-corrected chi connectivity index (χ2v) is 7.04. The highest BCUT2D eigenvalue weighted by atomic mass is 16.5. The first-order valence-electron chi connectivity index (χ1n) is 9.70. The van der Waals surface area contributed by atoms with Gasteiger partial charge in [-0.05, 0) is 62.3 Å². The quantitative estimate of drug-likeness (QED) is 0.740. The van der Waals surface area contributed by atoms with Gasteiger partial charge in [-0.2, -0.15) is 0 Å². The van der Waals surface area contributed by atoms with Crippen LogP contribution >= 0.6 is 0 Å². The second kappa shape index (κ2) is 12.9. The van der Waals surface area contributed by atoms with Gasteiger partial charge in [-0.25, -0.2) is 0 Å². The van der Waals surface area contributed by atoms with E-state index in [-0.39, 0.29) is 5.78 Å². The molecule has 144 valence electrons. The Bertz CT molecular complexity index is 487. The summed E-state index contributed by atoms with van der Waals surface area (Å²) in [5.74, 6) is 1.64. The molecule has 3 nitrogen and oxygen atoms in total. The molecule has 0 saturated carbocycles. The minimum Gasteiger partial charge on any atom is -0.378 e. The van der Waals surface area contributed by atoms with Gasteiger partial charge in [0.05, 0.1) is 13.2 Å². The lowest BCUT2D eigenvalue weighted by Crippen LogP contribution is -2.36. The van der Waals surface area contributed by atoms with Crippen LogP contribution in [0.15, 0.2) is 18.2 Å². The molecule has 25 heavy (non-hydrogen) atoms. The van der Waals surface area contributed by atoms with Gasteiger partial charge in [-0.1, -0.05) is 40.7 Å². The van der Waals surface area contributed by atoms with Gasteiger partial charge in [-0.15, -0.1) is 0 Å². The standard InChI is InChI=1S/C17H27NO.C3H6O.C2H6/c1-13(2)15(4)11-16-12-17(6-5-14(16)3)18-7-9-19-10-8-18;1-3(2)4;1-2/h5-6,12-13,15H,7-11H2,1-4H3;1-2H3;1-2H3. The first-order valence-corrected chi connectivity index (χ1v) is 9.70. The summed E-state index contributed by atoms with van der Waals surface area (Å²) in [6.45, 7) is 20.0. The van der Waals surface area contributed by atoms with Crippen molar-refractivity contribution in [2.45, 2.75) is 61.8 Å². The number of benzene rings is 1. The van der Waals surface area contributed by atoms with Crippen molar-refractivity contribution in [1.29, 1.82) is 0 Å². The van der Waals surface area contributed by atoms with Crippen LogP contribution in [0.2, 0.25) is 0 Å². The van der Waals surface area contributed by atoms with Crippen LogP contribution in [0.5, 0.6) is 0 Å². The molecule has 3 heteroatoms. The van der Waals surface area contributed by atoms with E-state index >= 15 is 0 Å². The Morgan fingerprint density at radius 1 is 1.12 bits per heavy atom. The summed E-state index contributed by atoms with van der Waals surface area (Å²) in [4.78, 5) is 11.9. The van der Waals surface area contributed by atoms with E-state index in [1.807, 2.05) is 13.8 Å². The van der Waals surface area contributed by atoms with Crippen LogP contribution in [-0.2, 0) is 16.0 Å². The number of hydrogen-bond acceptors (Lipinski definition) is 3.